The lowest BCUT2D eigenvalue weighted by atomic mass is 9.82. The van der Waals surface area contributed by atoms with Crippen molar-refractivity contribution in [2.24, 2.45) is 0 Å². The monoisotopic (exact) mass is 777 g/mol. The minimum absolute atomic E-state index is 0.0155. The van der Waals surface area contributed by atoms with Crippen molar-refractivity contribution >= 4 is 45.8 Å². The Morgan fingerprint density at radius 3 is 2.44 bits per heavy atom. The summed E-state index contributed by atoms with van der Waals surface area (Å²) in [7, 11) is 0. The zero-order valence-electron chi connectivity index (χ0n) is 28.5. The van der Waals surface area contributed by atoms with E-state index in [2.05, 4.69) is 21.2 Å². The van der Waals surface area contributed by atoms with Crippen molar-refractivity contribution in [1.82, 2.24) is 15.1 Å². The number of carbonyl (C=O) groups excluding carboxylic acids is 3. The number of fused-ring (bicyclic) bond motifs is 2. The summed E-state index contributed by atoms with van der Waals surface area (Å²) in [6.07, 6.45) is 0.175. The molecule has 11 nitrogen and oxygen atoms in total. The lowest BCUT2D eigenvalue weighted by Crippen LogP contribution is -2.64. The summed E-state index contributed by atoms with van der Waals surface area (Å²) in [6.45, 7) is 1.05. The molecule has 1 aliphatic carbocycles. The Labute approximate surface area is 309 Å². The highest BCUT2D eigenvalue weighted by Crippen LogP contribution is 2.37. The van der Waals surface area contributed by atoms with Gasteiger partial charge in [-0.05, 0) is 88.9 Å². The number of nitrogens with zero attached hydrogens (tertiary/aromatic N) is 2. The number of hydrogen-bond donors (Lipinski definition) is 3. The van der Waals surface area contributed by atoms with Crippen molar-refractivity contribution in [3.63, 3.8) is 0 Å². The molecule has 1 saturated heterocycles. The molecule has 0 radical (unpaired) electrons. The van der Waals surface area contributed by atoms with Crippen molar-refractivity contribution in [2.75, 3.05) is 26.2 Å². The molecule has 274 valence electrons. The molecule has 2 heterocycles. The van der Waals surface area contributed by atoms with Gasteiger partial charge in [0.2, 0.25) is 6.10 Å². The number of aliphatic hydroxyl groups is 1. The number of aliphatic hydroxyl groups excluding tert-OH is 1. The van der Waals surface area contributed by atoms with Crippen LogP contribution >= 0.6 is 15.9 Å². The zero-order chi connectivity index (χ0) is 36.8. The minimum atomic E-state index is -2.24. The number of hydrogen-bond acceptors (Lipinski definition) is 8. The van der Waals surface area contributed by atoms with Gasteiger partial charge in [-0.15, -0.1) is 0 Å². The Morgan fingerprint density at radius 1 is 1.02 bits per heavy atom. The van der Waals surface area contributed by atoms with Crippen LogP contribution in [-0.4, -0.2) is 101 Å². The van der Waals surface area contributed by atoms with Crippen LogP contribution in [0.15, 0.2) is 82.8 Å². The lowest BCUT2D eigenvalue weighted by Gasteiger charge is -2.45. The summed E-state index contributed by atoms with van der Waals surface area (Å²) >= 11 is 3.38. The number of halogens is 2. The van der Waals surface area contributed by atoms with Gasteiger partial charge in [0.25, 0.3) is 18.3 Å². The van der Waals surface area contributed by atoms with E-state index in [4.69, 9.17) is 9.47 Å². The number of piperazine rings is 1. The van der Waals surface area contributed by atoms with E-state index < -0.39 is 30.1 Å². The fraction of sp³-hybridized carbons (Fsp3) is 0.385. The number of carboxylic acids is 1. The summed E-state index contributed by atoms with van der Waals surface area (Å²) in [6, 6.07) is 21.6. The van der Waals surface area contributed by atoms with Gasteiger partial charge in [0.1, 0.15) is 11.6 Å². The van der Waals surface area contributed by atoms with E-state index in [1.807, 2.05) is 59.5 Å². The number of carboxylic acid groups (broad SMARTS) is 1. The molecule has 13 heteroatoms. The second-order valence-electron chi connectivity index (χ2n) is 13.4. The molecule has 1 saturated carbocycles. The van der Waals surface area contributed by atoms with Gasteiger partial charge in [-0.3, -0.25) is 14.4 Å². The number of rotatable bonds is 16. The summed E-state index contributed by atoms with van der Waals surface area (Å²) < 4.78 is 24.9. The first-order chi connectivity index (χ1) is 25.1. The third-order valence-electron chi connectivity index (χ3n) is 9.73. The van der Waals surface area contributed by atoms with Crippen LogP contribution in [-0.2, 0) is 36.8 Å². The minimum Gasteiger partial charge on any atom is -0.492 e. The van der Waals surface area contributed by atoms with Gasteiger partial charge in [0, 0.05) is 43.4 Å². The SMILES string of the molecule is O=CO[C@H](C(=O)N1C[C@H]2CC(c3ccc(CCCOc4cc(F)ccc4Br)cc3)=C(C(=O)N(CCc3ccccc3)C3CC3)[C@@H](C1)N2)[C@H](O)C(=O)O. The predicted octanol–water partition coefficient (Wildman–Crippen LogP) is 4.15. The molecule has 3 N–H and O–H groups in total. The molecule has 52 heavy (non-hydrogen) atoms. The quantitative estimate of drug-likeness (QED) is 0.144. The molecule has 3 aromatic carbocycles. The van der Waals surface area contributed by atoms with Crippen molar-refractivity contribution in [2.45, 2.75) is 68.9 Å². The number of amides is 2. The Bertz CT molecular complexity index is 1800. The van der Waals surface area contributed by atoms with Gasteiger partial charge in [-0.2, -0.15) is 0 Å². The van der Waals surface area contributed by atoms with E-state index in [9.17, 15) is 33.8 Å². The molecule has 0 spiro atoms. The van der Waals surface area contributed by atoms with Gasteiger partial charge in [0.05, 0.1) is 17.1 Å². The molecule has 4 atom stereocenters. The molecule has 3 aliphatic rings. The molecule has 2 amide bonds. The van der Waals surface area contributed by atoms with Crippen LogP contribution in [0.2, 0.25) is 0 Å². The summed E-state index contributed by atoms with van der Waals surface area (Å²) in [5.41, 5.74) is 4.51. The number of carbonyl (C=O) groups is 4. The average molecular weight is 779 g/mol. The van der Waals surface area contributed by atoms with Gasteiger partial charge in [-0.25, -0.2) is 9.18 Å². The maximum atomic E-state index is 14.7. The Balaban J connectivity index is 1.24. The van der Waals surface area contributed by atoms with Crippen molar-refractivity contribution in [3.05, 3.63) is 105 Å². The largest absolute Gasteiger partial charge is 0.492 e. The van der Waals surface area contributed by atoms with E-state index in [1.165, 1.54) is 17.0 Å². The van der Waals surface area contributed by atoms with Crippen molar-refractivity contribution in [3.8, 4) is 5.75 Å². The zero-order valence-corrected chi connectivity index (χ0v) is 30.0. The van der Waals surface area contributed by atoms with Crippen LogP contribution in [0.5, 0.6) is 5.75 Å². The standard InChI is InChI=1S/C39H41BrFN3O8/c40-31-15-12-27(41)19-33(31)51-18-4-7-25-8-10-26(11-9-25)30-20-28-21-43(38(48)36(52-23-45)35(46)39(49)50)22-32(42-28)34(30)37(47)44(29-13-14-29)17-16-24-5-2-1-3-6-24/h1-3,5-6,8-12,15,19,23,28-29,32,35-36,42,46H,4,7,13-14,16-18,20-22H2,(H,49,50)/t28-,32-,35+,36+/m1/s1. The van der Waals surface area contributed by atoms with Crippen LogP contribution in [0.25, 0.3) is 5.57 Å². The Hall–Kier alpha value is -4.59. The lowest BCUT2D eigenvalue weighted by molar-refractivity contribution is -0.170. The van der Waals surface area contributed by atoms with Crippen LogP contribution < -0.4 is 10.1 Å². The topological polar surface area (TPSA) is 146 Å². The molecular weight excluding hydrogens is 737 g/mol. The van der Waals surface area contributed by atoms with Crippen LogP contribution in [0, 0.1) is 5.82 Å². The van der Waals surface area contributed by atoms with E-state index in [1.54, 1.807) is 6.07 Å². The first-order valence-electron chi connectivity index (χ1n) is 17.4. The molecule has 3 aromatic rings. The van der Waals surface area contributed by atoms with Gasteiger partial charge >= 0.3 is 5.97 Å². The van der Waals surface area contributed by atoms with E-state index in [0.29, 0.717) is 48.2 Å². The van der Waals surface area contributed by atoms with E-state index >= 15 is 0 Å². The highest BCUT2D eigenvalue weighted by molar-refractivity contribution is 9.10. The van der Waals surface area contributed by atoms with Crippen molar-refractivity contribution in [1.29, 1.82) is 0 Å². The summed E-state index contributed by atoms with van der Waals surface area (Å²) in [4.78, 5) is 54.2. The number of aliphatic carboxylic acids is 1. The highest BCUT2D eigenvalue weighted by Gasteiger charge is 2.45. The number of ether oxygens (including phenoxy) is 2. The molecule has 2 bridgehead atoms. The fourth-order valence-electron chi connectivity index (χ4n) is 6.99. The Kier molecular flexibility index (Phi) is 12.0. The molecule has 2 aliphatic heterocycles. The smallest absolute Gasteiger partial charge is 0.337 e. The first-order valence-corrected chi connectivity index (χ1v) is 18.2. The van der Waals surface area contributed by atoms with Gasteiger partial charge < -0.3 is 34.8 Å². The van der Waals surface area contributed by atoms with Crippen LogP contribution in [0.1, 0.15) is 42.4 Å². The molecule has 2 fully saturated rings. The molecular formula is C39H41BrFN3O8. The third-order valence-corrected chi connectivity index (χ3v) is 10.4. The second-order valence-corrected chi connectivity index (χ2v) is 14.2. The summed E-state index contributed by atoms with van der Waals surface area (Å²) in [5.74, 6) is -2.57. The summed E-state index contributed by atoms with van der Waals surface area (Å²) in [5, 5.41) is 23.0. The van der Waals surface area contributed by atoms with Crippen LogP contribution in [0.4, 0.5) is 4.39 Å². The highest BCUT2D eigenvalue weighted by atomic mass is 79.9. The Morgan fingerprint density at radius 2 is 1.75 bits per heavy atom. The van der Waals surface area contributed by atoms with E-state index in [-0.39, 0.29) is 43.4 Å². The third kappa shape index (κ3) is 8.88. The normalized spacial score (nSPS) is 19.4. The maximum absolute atomic E-state index is 14.7. The van der Waals surface area contributed by atoms with E-state index in [0.717, 1.165) is 41.5 Å². The number of benzene rings is 3. The molecule has 0 aromatic heterocycles. The number of aryl methyl sites for hydroxylation is 1. The van der Waals surface area contributed by atoms with Crippen LogP contribution in [0.3, 0.4) is 0 Å². The van der Waals surface area contributed by atoms with Gasteiger partial charge in [-0.1, -0.05) is 54.6 Å². The average Bonchev–Trinajstić information content (AvgIpc) is 3.99. The van der Waals surface area contributed by atoms with Gasteiger partial charge in [0.15, 0.2) is 6.10 Å². The first kappa shape index (κ1) is 37.2. The molecule has 6 rings (SSSR count). The number of nitrogens with one attached hydrogen (secondary N) is 1. The molecule has 0 unspecified atom stereocenters. The second kappa shape index (κ2) is 16.8. The fourth-order valence-corrected chi connectivity index (χ4v) is 7.35. The maximum Gasteiger partial charge on any atom is 0.337 e. The van der Waals surface area contributed by atoms with Crippen molar-refractivity contribution < 1.29 is 43.3 Å². The predicted molar refractivity (Wildman–Crippen MR) is 193 cm³/mol.